The van der Waals surface area contributed by atoms with Crippen LogP contribution in [0.25, 0.3) is 0 Å². The summed E-state index contributed by atoms with van der Waals surface area (Å²) in [5, 5.41) is 7.80. The summed E-state index contributed by atoms with van der Waals surface area (Å²) in [5.74, 6) is 1.98. The van der Waals surface area contributed by atoms with Gasteiger partial charge < -0.3 is 4.90 Å². The molecular weight excluding hydrogens is 308 g/mol. The van der Waals surface area contributed by atoms with E-state index in [9.17, 15) is 4.79 Å². The number of rotatable bonds is 7. The third-order valence-electron chi connectivity index (χ3n) is 4.05. The van der Waals surface area contributed by atoms with E-state index in [0.717, 1.165) is 17.8 Å². The average Bonchev–Trinajstić information content (AvgIpc) is 3.32. The number of nitrogens with zero attached hydrogens (tertiary/aromatic N) is 3. The topological polar surface area (TPSA) is 61.9 Å². The fraction of sp³-hybridized carbons (Fsp3) is 0.471. The van der Waals surface area contributed by atoms with Crippen LogP contribution < -0.4 is 0 Å². The summed E-state index contributed by atoms with van der Waals surface area (Å²) in [7, 11) is 1.84. The van der Waals surface area contributed by atoms with Gasteiger partial charge in [0.2, 0.25) is 11.1 Å². The molecule has 0 spiro atoms. The van der Waals surface area contributed by atoms with Crippen molar-refractivity contribution < 1.29 is 4.79 Å². The maximum absolute atomic E-state index is 12.2. The Kier molecular flexibility index (Phi) is 5.00. The largest absolute Gasteiger partial charge is 0.341 e. The summed E-state index contributed by atoms with van der Waals surface area (Å²) < 4.78 is 0. The van der Waals surface area contributed by atoms with Gasteiger partial charge in [-0.3, -0.25) is 9.89 Å². The van der Waals surface area contributed by atoms with Gasteiger partial charge in [0.1, 0.15) is 5.82 Å². The van der Waals surface area contributed by atoms with Gasteiger partial charge in [-0.15, -0.1) is 5.10 Å². The molecule has 0 atom stereocenters. The van der Waals surface area contributed by atoms with Crippen LogP contribution in [0.4, 0.5) is 0 Å². The Labute approximate surface area is 140 Å². The predicted molar refractivity (Wildman–Crippen MR) is 91.4 cm³/mol. The number of hydrogen-bond donors (Lipinski definition) is 1. The van der Waals surface area contributed by atoms with E-state index in [-0.39, 0.29) is 5.91 Å². The molecule has 1 heterocycles. The number of carbonyl (C=O) groups excluding carboxylic acids is 1. The normalized spacial score (nSPS) is 14.0. The monoisotopic (exact) mass is 330 g/mol. The van der Waals surface area contributed by atoms with E-state index in [1.807, 2.05) is 7.05 Å². The highest BCUT2D eigenvalue weighted by molar-refractivity contribution is 7.99. The fourth-order valence-corrected chi connectivity index (χ4v) is 3.09. The molecule has 1 fully saturated rings. The standard InChI is InChI=1S/C17H22N4OS/c1-3-12-4-6-13(7-5-12)10-21(2)15(22)11-23-17-18-16(19-20-17)14-8-9-14/h4-7,14H,3,8-11H2,1-2H3,(H,18,19,20). The lowest BCUT2D eigenvalue weighted by molar-refractivity contribution is -0.127. The lowest BCUT2D eigenvalue weighted by atomic mass is 10.1. The highest BCUT2D eigenvalue weighted by Gasteiger charge is 2.27. The molecule has 0 saturated heterocycles. The van der Waals surface area contributed by atoms with E-state index in [1.165, 1.54) is 30.2 Å². The van der Waals surface area contributed by atoms with Crippen molar-refractivity contribution in [1.82, 2.24) is 20.1 Å². The minimum Gasteiger partial charge on any atom is -0.341 e. The first-order valence-corrected chi connectivity index (χ1v) is 9.01. The smallest absolute Gasteiger partial charge is 0.233 e. The molecule has 23 heavy (non-hydrogen) atoms. The lowest BCUT2D eigenvalue weighted by Crippen LogP contribution is -2.27. The molecule has 0 bridgehead atoms. The SMILES string of the molecule is CCc1ccc(CN(C)C(=O)CSc2n[nH]c(C3CC3)n2)cc1. The van der Waals surface area contributed by atoms with Gasteiger partial charge in [-0.1, -0.05) is 43.0 Å². The van der Waals surface area contributed by atoms with Gasteiger partial charge in [0.15, 0.2) is 0 Å². The zero-order valence-electron chi connectivity index (χ0n) is 13.6. The Bertz CT molecular complexity index is 663. The van der Waals surface area contributed by atoms with Crippen LogP contribution in [0.15, 0.2) is 29.4 Å². The number of carbonyl (C=O) groups is 1. The summed E-state index contributed by atoms with van der Waals surface area (Å²) in [6.45, 7) is 2.77. The summed E-state index contributed by atoms with van der Waals surface area (Å²) >= 11 is 1.39. The number of benzene rings is 1. The minimum atomic E-state index is 0.0901. The molecule has 0 radical (unpaired) electrons. The Hall–Kier alpha value is -1.82. The second-order valence-corrected chi connectivity index (χ2v) is 6.93. The predicted octanol–water partition coefficient (Wildman–Crippen LogP) is 3.00. The second kappa shape index (κ2) is 7.17. The molecule has 3 rings (SSSR count). The molecule has 1 amide bonds. The van der Waals surface area contributed by atoms with Crippen LogP contribution in [-0.2, 0) is 17.8 Å². The van der Waals surface area contributed by atoms with Crippen LogP contribution in [0.5, 0.6) is 0 Å². The molecule has 1 saturated carbocycles. The average molecular weight is 330 g/mol. The van der Waals surface area contributed by atoms with Crippen LogP contribution >= 0.6 is 11.8 Å². The Morgan fingerprint density at radius 2 is 2.00 bits per heavy atom. The lowest BCUT2D eigenvalue weighted by Gasteiger charge is -2.17. The van der Waals surface area contributed by atoms with Gasteiger partial charge in [-0.25, -0.2) is 4.98 Å². The van der Waals surface area contributed by atoms with Crippen LogP contribution in [0.1, 0.15) is 42.6 Å². The molecular formula is C17H22N4OS. The summed E-state index contributed by atoms with van der Waals surface area (Å²) in [4.78, 5) is 18.4. The van der Waals surface area contributed by atoms with Crippen molar-refractivity contribution in [2.24, 2.45) is 0 Å². The number of aromatic amines is 1. The number of thioether (sulfide) groups is 1. The highest BCUT2D eigenvalue weighted by atomic mass is 32.2. The molecule has 1 aromatic heterocycles. The van der Waals surface area contributed by atoms with Gasteiger partial charge in [0.05, 0.1) is 5.75 Å². The number of aryl methyl sites for hydroxylation is 1. The van der Waals surface area contributed by atoms with Crippen molar-refractivity contribution in [3.8, 4) is 0 Å². The third-order valence-corrected chi connectivity index (χ3v) is 4.88. The zero-order chi connectivity index (χ0) is 16.2. The molecule has 122 valence electrons. The number of H-pyrrole nitrogens is 1. The summed E-state index contributed by atoms with van der Waals surface area (Å²) in [5.41, 5.74) is 2.46. The molecule has 0 aliphatic heterocycles. The summed E-state index contributed by atoms with van der Waals surface area (Å²) in [6.07, 6.45) is 3.42. The van der Waals surface area contributed by atoms with Crippen LogP contribution in [0, 0.1) is 0 Å². The zero-order valence-corrected chi connectivity index (χ0v) is 14.4. The molecule has 1 aliphatic rings. The molecule has 2 aromatic rings. The number of amides is 1. The second-order valence-electron chi connectivity index (χ2n) is 5.99. The van der Waals surface area contributed by atoms with Crippen molar-refractivity contribution in [2.45, 2.75) is 43.8 Å². The van der Waals surface area contributed by atoms with E-state index in [1.54, 1.807) is 4.90 Å². The quantitative estimate of drug-likeness (QED) is 0.793. The van der Waals surface area contributed by atoms with Crippen molar-refractivity contribution in [3.05, 3.63) is 41.2 Å². The van der Waals surface area contributed by atoms with Gasteiger partial charge in [-0.2, -0.15) is 0 Å². The van der Waals surface area contributed by atoms with Gasteiger partial charge in [-0.05, 0) is 30.4 Å². The van der Waals surface area contributed by atoms with Crippen molar-refractivity contribution in [3.63, 3.8) is 0 Å². The first-order valence-electron chi connectivity index (χ1n) is 8.02. The van der Waals surface area contributed by atoms with E-state index < -0.39 is 0 Å². The summed E-state index contributed by atoms with van der Waals surface area (Å²) in [6, 6.07) is 8.42. The Morgan fingerprint density at radius 3 is 2.65 bits per heavy atom. The maximum Gasteiger partial charge on any atom is 0.233 e. The van der Waals surface area contributed by atoms with Crippen molar-refractivity contribution in [1.29, 1.82) is 0 Å². The van der Waals surface area contributed by atoms with Crippen molar-refractivity contribution >= 4 is 17.7 Å². The number of nitrogens with one attached hydrogen (secondary N) is 1. The van der Waals surface area contributed by atoms with E-state index in [2.05, 4.69) is 46.4 Å². The molecule has 1 aromatic carbocycles. The van der Waals surface area contributed by atoms with E-state index in [0.29, 0.717) is 23.4 Å². The molecule has 1 N–H and O–H groups in total. The number of hydrogen-bond acceptors (Lipinski definition) is 4. The van der Waals surface area contributed by atoms with Crippen LogP contribution in [0.2, 0.25) is 0 Å². The number of aromatic nitrogens is 3. The first kappa shape index (κ1) is 16.1. The van der Waals surface area contributed by atoms with Crippen LogP contribution in [-0.4, -0.2) is 38.8 Å². The van der Waals surface area contributed by atoms with Gasteiger partial charge in [0.25, 0.3) is 0 Å². The van der Waals surface area contributed by atoms with Gasteiger partial charge in [0, 0.05) is 19.5 Å². The van der Waals surface area contributed by atoms with Crippen molar-refractivity contribution in [2.75, 3.05) is 12.8 Å². The molecule has 5 nitrogen and oxygen atoms in total. The Balaban J connectivity index is 1.48. The van der Waals surface area contributed by atoms with Gasteiger partial charge >= 0.3 is 0 Å². The minimum absolute atomic E-state index is 0.0901. The fourth-order valence-electron chi connectivity index (χ4n) is 2.34. The molecule has 6 heteroatoms. The molecule has 1 aliphatic carbocycles. The third kappa shape index (κ3) is 4.34. The van der Waals surface area contributed by atoms with E-state index >= 15 is 0 Å². The van der Waals surface area contributed by atoms with E-state index in [4.69, 9.17) is 0 Å². The highest BCUT2D eigenvalue weighted by Crippen LogP contribution is 2.38. The Morgan fingerprint density at radius 1 is 1.30 bits per heavy atom. The van der Waals surface area contributed by atoms with Crippen LogP contribution in [0.3, 0.4) is 0 Å². The first-order chi connectivity index (χ1) is 11.2. The molecule has 0 unspecified atom stereocenters. The maximum atomic E-state index is 12.2.